The van der Waals surface area contributed by atoms with Crippen LogP contribution in [0.2, 0.25) is 0 Å². The second kappa shape index (κ2) is 3.68. The van der Waals surface area contributed by atoms with E-state index in [4.69, 9.17) is 10.4 Å². The van der Waals surface area contributed by atoms with Crippen molar-refractivity contribution in [3.05, 3.63) is 29.1 Å². The molecule has 0 bridgehead atoms. The van der Waals surface area contributed by atoms with Gasteiger partial charge in [0.2, 0.25) is 0 Å². The normalized spacial score (nSPS) is 9.23. The first-order chi connectivity index (χ1) is 6.13. The van der Waals surface area contributed by atoms with Gasteiger partial charge in [0, 0.05) is 11.9 Å². The maximum atomic E-state index is 10.4. The molecule has 0 amide bonds. The summed E-state index contributed by atoms with van der Waals surface area (Å²) in [5, 5.41) is 17.1. The van der Waals surface area contributed by atoms with Crippen LogP contribution in [-0.4, -0.2) is 16.1 Å². The van der Waals surface area contributed by atoms with Crippen LogP contribution in [0, 0.1) is 18.3 Å². The number of carbonyl (C=O) groups is 1. The third-order valence-corrected chi connectivity index (χ3v) is 1.66. The van der Waals surface area contributed by atoms with E-state index in [9.17, 15) is 4.79 Å². The highest BCUT2D eigenvalue weighted by atomic mass is 16.4. The molecule has 1 rings (SSSR count). The molecule has 0 aliphatic carbocycles. The molecule has 0 aliphatic heterocycles. The summed E-state index contributed by atoms with van der Waals surface area (Å²) in [6.45, 7) is 1.72. The van der Waals surface area contributed by atoms with E-state index >= 15 is 0 Å². The Balaban J connectivity index is 3.05. The van der Waals surface area contributed by atoms with Crippen LogP contribution < -0.4 is 0 Å². The maximum absolute atomic E-state index is 10.4. The second-order valence-electron chi connectivity index (χ2n) is 2.65. The van der Waals surface area contributed by atoms with Crippen molar-refractivity contribution < 1.29 is 9.90 Å². The summed E-state index contributed by atoms with van der Waals surface area (Å²) in [6.07, 6.45) is 1.34. The summed E-state index contributed by atoms with van der Waals surface area (Å²) in [5.41, 5.74) is 1.63. The van der Waals surface area contributed by atoms with Crippen LogP contribution in [0.1, 0.15) is 16.8 Å². The van der Waals surface area contributed by atoms with E-state index in [1.807, 2.05) is 6.07 Å². The molecule has 0 aromatic carbocycles. The van der Waals surface area contributed by atoms with E-state index in [1.165, 1.54) is 6.20 Å². The van der Waals surface area contributed by atoms with Gasteiger partial charge in [-0.15, -0.1) is 0 Å². The zero-order valence-electron chi connectivity index (χ0n) is 7.11. The van der Waals surface area contributed by atoms with Crippen molar-refractivity contribution in [3.63, 3.8) is 0 Å². The Morgan fingerprint density at radius 1 is 1.77 bits per heavy atom. The number of nitrogens with zero attached hydrogens (tertiary/aromatic N) is 2. The Kier molecular flexibility index (Phi) is 2.60. The number of aliphatic carboxylic acids is 1. The van der Waals surface area contributed by atoms with Gasteiger partial charge in [-0.1, -0.05) is 0 Å². The zero-order chi connectivity index (χ0) is 9.84. The number of pyridine rings is 1. The molecule has 13 heavy (non-hydrogen) atoms. The predicted molar refractivity (Wildman–Crippen MR) is 45.0 cm³/mol. The standard InChI is InChI=1S/C9H8N2O2/c1-6-8(3-9(12)13)2-7(4-10)5-11-6/h2,5H,3H2,1H3,(H,12,13). The Hall–Kier alpha value is -1.89. The molecule has 4 heteroatoms. The van der Waals surface area contributed by atoms with Crippen LogP contribution in [0.3, 0.4) is 0 Å². The highest BCUT2D eigenvalue weighted by Gasteiger charge is 2.05. The van der Waals surface area contributed by atoms with Crippen molar-refractivity contribution in [1.82, 2.24) is 4.98 Å². The molecule has 0 saturated heterocycles. The zero-order valence-corrected chi connectivity index (χ0v) is 7.11. The first kappa shape index (κ1) is 9.20. The molecular weight excluding hydrogens is 168 g/mol. The first-order valence-corrected chi connectivity index (χ1v) is 3.71. The molecule has 0 atom stereocenters. The van der Waals surface area contributed by atoms with Gasteiger partial charge < -0.3 is 5.11 Å². The summed E-state index contributed by atoms with van der Waals surface area (Å²) in [4.78, 5) is 14.3. The van der Waals surface area contributed by atoms with Crippen molar-refractivity contribution >= 4 is 5.97 Å². The number of hydrogen-bond donors (Lipinski definition) is 1. The summed E-state index contributed by atoms with van der Waals surface area (Å²) in [7, 11) is 0. The Morgan fingerprint density at radius 2 is 2.46 bits per heavy atom. The minimum atomic E-state index is -0.917. The van der Waals surface area contributed by atoms with E-state index < -0.39 is 5.97 Å². The van der Waals surface area contributed by atoms with E-state index in [0.717, 1.165) is 0 Å². The molecule has 0 aliphatic rings. The lowest BCUT2D eigenvalue weighted by molar-refractivity contribution is -0.136. The summed E-state index contributed by atoms with van der Waals surface area (Å²) < 4.78 is 0. The lowest BCUT2D eigenvalue weighted by Crippen LogP contribution is -2.03. The summed E-state index contributed by atoms with van der Waals surface area (Å²) >= 11 is 0. The van der Waals surface area contributed by atoms with Crippen LogP contribution in [0.5, 0.6) is 0 Å². The molecule has 0 fully saturated rings. The molecule has 1 aromatic rings. The molecule has 4 nitrogen and oxygen atoms in total. The fourth-order valence-corrected chi connectivity index (χ4v) is 0.982. The number of carboxylic acid groups (broad SMARTS) is 1. The van der Waals surface area contributed by atoms with Crippen molar-refractivity contribution in [1.29, 1.82) is 5.26 Å². The van der Waals surface area contributed by atoms with Crippen LogP contribution in [0.4, 0.5) is 0 Å². The lowest BCUT2D eigenvalue weighted by atomic mass is 10.1. The highest BCUT2D eigenvalue weighted by Crippen LogP contribution is 2.07. The van der Waals surface area contributed by atoms with Gasteiger partial charge in [0.1, 0.15) is 6.07 Å². The molecule has 1 heterocycles. The van der Waals surface area contributed by atoms with Gasteiger partial charge in [0.05, 0.1) is 12.0 Å². The number of rotatable bonds is 2. The molecule has 0 spiro atoms. The van der Waals surface area contributed by atoms with Gasteiger partial charge in [-0.3, -0.25) is 9.78 Å². The molecule has 1 aromatic heterocycles. The first-order valence-electron chi connectivity index (χ1n) is 3.71. The van der Waals surface area contributed by atoms with Gasteiger partial charge >= 0.3 is 5.97 Å². The number of hydrogen-bond acceptors (Lipinski definition) is 3. The van der Waals surface area contributed by atoms with E-state index in [2.05, 4.69) is 4.98 Å². The minimum absolute atomic E-state index is 0.0889. The molecular formula is C9H8N2O2. The molecule has 0 unspecified atom stereocenters. The molecule has 66 valence electrons. The number of aromatic nitrogens is 1. The lowest BCUT2D eigenvalue weighted by Gasteiger charge is -2.01. The smallest absolute Gasteiger partial charge is 0.307 e. The topological polar surface area (TPSA) is 74.0 Å². The highest BCUT2D eigenvalue weighted by molar-refractivity contribution is 5.70. The van der Waals surface area contributed by atoms with Crippen molar-refractivity contribution in [2.75, 3.05) is 0 Å². The fourth-order valence-electron chi connectivity index (χ4n) is 0.982. The Labute approximate surface area is 75.5 Å². The predicted octanol–water partition coefficient (Wildman–Crippen LogP) is 0.889. The van der Waals surface area contributed by atoms with Gasteiger partial charge in [-0.2, -0.15) is 5.26 Å². The molecule has 1 N–H and O–H groups in total. The summed E-state index contributed by atoms with van der Waals surface area (Å²) in [6, 6.07) is 3.46. The van der Waals surface area contributed by atoms with Gasteiger partial charge in [-0.05, 0) is 18.6 Å². The van der Waals surface area contributed by atoms with Crippen LogP contribution >= 0.6 is 0 Å². The SMILES string of the molecule is Cc1ncc(C#N)cc1CC(=O)O. The molecule has 0 radical (unpaired) electrons. The third kappa shape index (κ3) is 2.27. The Bertz CT molecular complexity index is 380. The Morgan fingerprint density at radius 3 is 3.00 bits per heavy atom. The number of carboxylic acids is 1. The van der Waals surface area contributed by atoms with Gasteiger partial charge in [0.25, 0.3) is 0 Å². The van der Waals surface area contributed by atoms with Crippen LogP contribution in [-0.2, 0) is 11.2 Å². The number of nitriles is 1. The third-order valence-electron chi connectivity index (χ3n) is 1.66. The fraction of sp³-hybridized carbons (Fsp3) is 0.222. The van der Waals surface area contributed by atoms with Gasteiger partial charge in [0.15, 0.2) is 0 Å². The van der Waals surface area contributed by atoms with E-state index in [1.54, 1.807) is 13.0 Å². The van der Waals surface area contributed by atoms with Crippen molar-refractivity contribution in [3.8, 4) is 6.07 Å². The van der Waals surface area contributed by atoms with Crippen molar-refractivity contribution in [2.24, 2.45) is 0 Å². The van der Waals surface area contributed by atoms with Crippen LogP contribution in [0.25, 0.3) is 0 Å². The number of aryl methyl sites for hydroxylation is 1. The van der Waals surface area contributed by atoms with Crippen molar-refractivity contribution in [2.45, 2.75) is 13.3 Å². The maximum Gasteiger partial charge on any atom is 0.307 e. The van der Waals surface area contributed by atoms with E-state index in [0.29, 0.717) is 16.8 Å². The quantitative estimate of drug-likeness (QED) is 0.726. The van der Waals surface area contributed by atoms with Crippen LogP contribution in [0.15, 0.2) is 12.3 Å². The van der Waals surface area contributed by atoms with Gasteiger partial charge in [-0.25, -0.2) is 0 Å². The molecule has 0 saturated carbocycles. The average Bonchev–Trinajstić information content (AvgIpc) is 2.08. The summed E-state index contributed by atoms with van der Waals surface area (Å²) in [5.74, 6) is -0.917. The van der Waals surface area contributed by atoms with E-state index in [-0.39, 0.29) is 6.42 Å². The second-order valence-corrected chi connectivity index (χ2v) is 2.65. The minimum Gasteiger partial charge on any atom is -0.481 e. The largest absolute Gasteiger partial charge is 0.481 e. The monoisotopic (exact) mass is 176 g/mol. The average molecular weight is 176 g/mol.